The van der Waals surface area contributed by atoms with E-state index in [-0.39, 0.29) is 52.3 Å². The number of aryl methyl sites for hydroxylation is 2. The Bertz CT molecular complexity index is 1300. The molecule has 0 amide bonds. The predicted octanol–water partition coefficient (Wildman–Crippen LogP) is 3.96. The number of thioether (sulfide) groups is 1. The summed E-state index contributed by atoms with van der Waals surface area (Å²) in [5.41, 5.74) is 1.19. The van der Waals surface area contributed by atoms with E-state index in [0.29, 0.717) is 31.4 Å². The van der Waals surface area contributed by atoms with Crippen molar-refractivity contribution < 1.29 is 24.1 Å². The van der Waals surface area contributed by atoms with Gasteiger partial charge in [0, 0.05) is 50.6 Å². The van der Waals surface area contributed by atoms with Crippen molar-refractivity contribution in [3.8, 4) is 0 Å². The molecule has 2 aliphatic heterocycles. The summed E-state index contributed by atoms with van der Waals surface area (Å²) in [5, 5.41) is 14.3. The van der Waals surface area contributed by atoms with Gasteiger partial charge >= 0.3 is 5.97 Å². The quantitative estimate of drug-likeness (QED) is 0.398. The molecule has 2 N–H and O–H groups in total. The highest BCUT2D eigenvalue weighted by Gasteiger charge is 2.52. The van der Waals surface area contributed by atoms with E-state index < -0.39 is 17.5 Å². The van der Waals surface area contributed by atoms with Gasteiger partial charge in [-0.15, -0.1) is 11.6 Å². The number of nitrogens with one attached hydrogen (secondary N) is 1. The van der Waals surface area contributed by atoms with E-state index in [1.54, 1.807) is 16.3 Å². The van der Waals surface area contributed by atoms with Crippen molar-refractivity contribution in [2.75, 3.05) is 19.4 Å². The summed E-state index contributed by atoms with van der Waals surface area (Å²) in [6.45, 7) is 6.81. The minimum Gasteiger partial charge on any atom is -0.390 e. The Morgan fingerprint density at radius 1 is 1.24 bits per heavy atom. The van der Waals surface area contributed by atoms with Gasteiger partial charge in [0.15, 0.2) is 0 Å². The second kappa shape index (κ2) is 13.7. The van der Waals surface area contributed by atoms with Gasteiger partial charge in [0.05, 0.1) is 36.5 Å². The molecular weight excluding hydrogens is 619 g/mol. The average Bonchev–Trinajstić information content (AvgIpc) is 3.60. The lowest BCUT2D eigenvalue weighted by Crippen LogP contribution is -2.57. The van der Waals surface area contributed by atoms with Crippen LogP contribution in [0.3, 0.4) is 0 Å². The number of piperidine rings is 1. The minimum atomic E-state index is -0.786. The summed E-state index contributed by atoms with van der Waals surface area (Å²) >= 11 is 8.47. The molecule has 1 aromatic heterocycles. The number of rotatable bonds is 8. The monoisotopic (exact) mass is 668 g/mol. The zero-order chi connectivity index (χ0) is 32.0. The number of carbonyl (C=O) groups excluding carboxylic acids is 1. The number of aliphatic hydroxyl groups is 1. The van der Waals surface area contributed by atoms with E-state index in [1.807, 2.05) is 13.8 Å². The number of carbonyl (C=O) groups is 1. The van der Waals surface area contributed by atoms with Crippen LogP contribution in [0.1, 0.15) is 82.3 Å². The minimum absolute atomic E-state index is 0.00646. The second-order valence-electron chi connectivity index (χ2n) is 14.8. The summed E-state index contributed by atoms with van der Waals surface area (Å²) in [7, 11) is 2.14. The third-order valence-corrected chi connectivity index (χ3v) is 13.6. The lowest BCUT2D eigenvalue weighted by Gasteiger charge is -2.47. The largest absolute Gasteiger partial charge is 0.390 e. The van der Waals surface area contributed by atoms with Crippen LogP contribution in [0.5, 0.6) is 0 Å². The van der Waals surface area contributed by atoms with Crippen molar-refractivity contribution in [3.63, 3.8) is 0 Å². The van der Waals surface area contributed by atoms with Crippen LogP contribution in [0.15, 0.2) is 4.79 Å². The fraction of sp³-hybridized carbons (Fsp3) is 0.848. The zero-order valence-corrected chi connectivity index (χ0v) is 28.6. The Labute approximate surface area is 275 Å². The summed E-state index contributed by atoms with van der Waals surface area (Å²) in [6, 6.07) is 0.659. The molecule has 3 aliphatic carbocycles. The number of hydrogen-bond acceptors (Lipinski definition) is 9. The molecule has 4 fully saturated rings. The molecule has 0 aromatic carbocycles. The van der Waals surface area contributed by atoms with Crippen molar-refractivity contribution in [1.82, 2.24) is 19.8 Å². The molecule has 252 valence electrons. The number of nitrogens with zero attached hydrogens (tertiary/aromatic N) is 3. The van der Waals surface area contributed by atoms with Crippen LogP contribution < -0.4 is 10.9 Å². The maximum atomic E-state index is 13.9. The molecule has 11 atom stereocenters. The Morgan fingerprint density at radius 2 is 2.04 bits per heavy atom. The molecule has 0 radical (unpaired) electrons. The molecule has 12 heteroatoms. The van der Waals surface area contributed by atoms with Gasteiger partial charge in [-0.3, -0.25) is 14.3 Å². The Kier molecular flexibility index (Phi) is 10.3. The summed E-state index contributed by atoms with van der Waals surface area (Å²) in [6.07, 6.45) is 8.55. The first-order valence-corrected chi connectivity index (χ1v) is 18.4. The molecule has 9 unspecified atom stereocenters. The van der Waals surface area contributed by atoms with Gasteiger partial charge in [0.1, 0.15) is 5.82 Å². The SMILES string of the molecule is Cc1nc2c(c(=O)n1CCOC1CCC(Cl)CC1C1CC(C)NC3C(C(=O)OF)CSC13)CC(N(C)[C@H]1CC[C@@](C)(O)C1)CC2. The van der Waals surface area contributed by atoms with Crippen molar-refractivity contribution in [3.05, 3.63) is 27.4 Å². The molecule has 1 aromatic rings. The highest BCUT2D eigenvalue weighted by Crippen LogP contribution is 2.48. The molecule has 5 aliphatic rings. The van der Waals surface area contributed by atoms with Crippen LogP contribution in [-0.4, -0.2) is 91.4 Å². The van der Waals surface area contributed by atoms with Crippen molar-refractivity contribution >= 4 is 29.3 Å². The number of fused-ring (bicyclic) bond motifs is 2. The maximum Gasteiger partial charge on any atom is 0.354 e. The van der Waals surface area contributed by atoms with Gasteiger partial charge in [-0.05, 0) is 104 Å². The van der Waals surface area contributed by atoms with Crippen LogP contribution in [0, 0.1) is 24.7 Å². The highest BCUT2D eigenvalue weighted by atomic mass is 35.5. The van der Waals surface area contributed by atoms with Gasteiger partial charge in [-0.2, -0.15) is 11.8 Å². The molecule has 0 bridgehead atoms. The highest BCUT2D eigenvalue weighted by molar-refractivity contribution is 8.00. The number of ether oxygens (including phenoxy) is 1. The van der Waals surface area contributed by atoms with Crippen molar-refractivity contribution in [1.29, 1.82) is 0 Å². The van der Waals surface area contributed by atoms with E-state index in [4.69, 9.17) is 21.3 Å². The van der Waals surface area contributed by atoms with E-state index in [9.17, 15) is 19.2 Å². The van der Waals surface area contributed by atoms with Crippen LogP contribution in [0.25, 0.3) is 0 Å². The van der Waals surface area contributed by atoms with E-state index in [2.05, 4.69) is 29.1 Å². The number of alkyl halides is 1. The van der Waals surface area contributed by atoms with Gasteiger partial charge < -0.3 is 20.1 Å². The molecular formula is C33H50ClFN4O5S. The molecule has 2 saturated heterocycles. The molecule has 2 saturated carbocycles. The first-order valence-electron chi connectivity index (χ1n) is 16.9. The summed E-state index contributed by atoms with van der Waals surface area (Å²) in [4.78, 5) is 37.0. The van der Waals surface area contributed by atoms with Crippen LogP contribution >= 0.6 is 23.4 Å². The van der Waals surface area contributed by atoms with Crippen molar-refractivity contribution in [2.24, 2.45) is 17.8 Å². The first-order chi connectivity index (χ1) is 21.5. The first kappa shape index (κ1) is 33.7. The Hall–Kier alpha value is -1.24. The maximum absolute atomic E-state index is 13.9. The summed E-state index contributed by atoms with van der Waals surface area (Å²) < 4.78 is 21.3. The number of hydrogen-bond donors (Lipinski definition) is 2. The molecule has 3 heterocycles. The molecule has 6 rings (SSSR count). The van der Waals surface area contributed by atoms with Crippen LogP contribution in [0.2, 0.25) is 0 Å². The number of aromatic nitrogens is 2. The average molecular weight is 669 g/mol. The zero-order valence-electron chi connectivity index (χ0n) is 27.1. The molecule has 45 heavy (non-hydrogen) atoms. The number of likely N-dealkylation sites (N-methyl/N-ethyl adjacent to an activating group) is 1. The van der Waals surface area contributed by atoms with Crippen LogP contribution in [-0.2, 0) is 33.9 Å². The third-order valence-electron chi connectivity index (χ3n) is 11.7. The van der Waals surface area contributed by atoms with E-state index in [0.717, 1.165) is 74.9 Å². The van der Waals surface area contributed by atoms with Crippen molar-refractivity contribution in [2.45, 2.75) is 138 Å². The predicted molar refractivity (Wildman–Crippen MR) is 173 cm³/mol. The van der Waals surface area contributed by atoms with Gasteiger partial charge in [0.2, 0.25) is 0 Å². The smallest absolute Gasteiger partial charge is 0.354 e. The fourth-order valence-corrected chi connectivity index (χ4v) is 11.4. The van der Waals surface area contributed by atoms with E-state index >= 15 is 0 Å². The standard InChI is InChI=1S/C33H50ClFN4O5S/c1-18-13-24(30-29(36-18)26(17-45-30)32(41)44-35)23-14-20(34)5-8-28(23)43-12-11-39-19(2)37-27-7-6-21(15-25(27)31(39)40)38(4)22-9-10-33(3,42)16-22/h18,20-24,26,28-30,36,42H,5-17H2,1-4H3/t18?,20?,21?,22-,23?,24?,26?,28?,29?,30?,33+/m0/s1. The second-order valence-corrected chi connectivity index (χ2v) is 16.6. The Balaban J connectivity index is 1.12. The van der Waals surface area contributed by atoms with Crippen LogP contribution in [0.4, 0.5) is 4.53 Å². The normalized spacial score (nSPS) is 39.9. The summed E-state index contributed by atoms with van der Waals surface area (Å²) in [5.74, 6) is 0.494. The lowest BCUT2D eigenvalue weighted by atomic mass is 9.70. The molecule has 0 spiro atoms. The van der Waals surface area contributed by atoms with Gasteiger partial charge in [-0.25, -0.2) is 9.78 Å². The number of halogens is 2. The van der Waals surface area contributed by atoms with Gasteiger partial charge in [-0.1, -0.05) is 0 Å². The Morgan fingerprint density at radius 3 is 2.78 bits per heavy atom. The van der Waals surface area contributed by atoms with E-state index in [1.165, 1.54) is 0 Å². The third kappa shape index (κ3) is 7.00. The fourth-order valence-electron chi connectivity index (χ4n) is 9.21. The topological polar surface area (TPSA) is 106 Å². The van der Waals surface area contributed by atoms with Gasteiger partial charge in [0.25, 0.3) is 5.56 Å². The molecule has 9 nitrogen and oxygen atoms in total. The lowest BCUT2D eigenvalue weighted by molar-refractivity contribution is -0.189.